The first-order valence-corrected chi connectivity index (χ1v) is 8.31. The maximum Gasteiger partial charge on any atom is 0.0488 e. The Labute approximate surface area is 121 Å². The van der Waals surface area contributed by atoms with Crippen molar-refractivity contribution in [2.75, 3.05) is 0 Å². The lowest BCUT2D eigenvalue weighted by Gasteiger charge is -2.57. The molecule has 1 heterocycles. The van der Waals surface area contributed by atoms with Gasteiger partial charge in [-0.05, 0) is 74.8 Å². The van der Waals surface area contributed by atoms with Gasteiger partial charge in [0, 0.05) is 22.6 Å². The van der Waals surface area contributed by atoms with Gasteiger partial charge in [0.05, 0.1) is 0 Å². The minimum Gasteiger partial charge on any atom is -0.341 e. The van der Waals surface area contributed by atoms with E-state index in [1.54, 1.807) is 0 Å². The summed E-state index contributed by atoms with van der Waals surface area (Å²) in [5, 5.41) is 1.46. The van der Waals surface area contributed by atoms with Gasteiger partial charge in [0.1, 0.15) is 0 Å². The molecule has 1 nitrogen and oxygen atoms in total. The van der Waals surface area contributed by atoms with Crippen LogP contribution in [-0.2, 0) is 5.54 Å². The standard InChI is InChI=1S/C19H23N/c1-13-12-20(18-5-3-2-4-17(13)18)19-9-14-6-15(10-19)8-16(7-14)11-19/h2-5,12,14-16H,6-11H2,1H3. The smallest absolute Gasteiger partial charge is 0.0488 e. The molecule has 0 amide bonds. The molecular formula is C19H23N. The Morgan fingerprint density at radius 1 is 0.950 bits per heavy atom. The fourth-order valence-corrected chi connectivity index (χ4v) is 6.10. The van der Waals surface area contributed by atoms with Crippen molar-refractivity contribution < 1.29 is 0 Å². The molecule has 0 N–H and O–H groups in total. The first kappa shape index (κ1) is 11.4. The monoisotopic (exact) mass is 265 g/mol. The molecule has 2 aromatic rings. The minimum absolute atomic E-state index is 0.461. The molecule has 0 aliphatic heterocycles. The summed E-state index contributed by atoms with van der Waals surface area (Å²) in [6.07, 6.45) is 11.4. The highest BCUT2D eigenvalue weighted by molar-refractivity contribution is 5.84. The molecule has 0 unspecified atom stereocenters. The van der Waals surface area contributed by atoms with E-state index in [-0.39, 0.29) is 0 Å². The molecule has 1 heteroatoms. The first-order valence-electron chi connectivity index (χ1n) is 8.31. The van der Waals surface area contributed by atoms with E-state index >= 15 is 0 Å². The Balaban J connectivity index is 1.71. The lowest BCUT2D eigenvalue weighted by atomic mass is 9.53. The topological polar surface area (TPSA) is 4.93 Å². The van der Waals surface area contributed by atoms with Crippen molar-refractivity contribution in [2.24, 2.45) is 17.8 Å². The van der Waals surface area contributed by atoms with Crippen molar-refractivity contribution in [2.45, 2.75) is 51.0 Å². The molecule has 104 valence electrons. The van der Waals surface area contributed by atoms with Crippen LogP contribution in [0, 0.1) is 24.7 Å². The molecule has 0 radical (unpaired) electrons. The maximum absolute atomic E-state index is 2.70. The van der Waals surface area contributed by atoms with Gasteiger partial charge in [0.15, 0.2) is 0 Å². The highest BCUT2D eigenvalue weighted by atomic mass is 15.1. The fourth-order valence-electron chi connectivity index (χ4n) is 6.10. The fraction of sp³-hybridized carbons (Fsp3) is 0.579. The van der Waals surface area contributed by atoms with Crippen molar-refractivity contribution in [1.29, 1.82) is 0 Å². The van der Waals surface area contributed by atoms with Crippen molar-refractivity contribution in [3.05, 3.63) is 36.0 Å². The SMILES string of the molecule is Cc1cn(C23CC4CC(CC(C4)C2)C3)c2ccccc12. The van der Waals surface area contributed by atoms with Gasteiger partial charge in [-0.15, -0.1) is 0 Å². The summed E-state index contributed by atoms with van der Waals surface area (Å²) < 4.78 is 2.70. The van der Waals surface area contributed by atoms with E-state index in [2.05, 4.69) is 42.0 Å². The van der Waals surface area contributed by atoms with E-state index in [0.29, 0.717) is 5.54 Å². The largest absolute Gasteiger partial charge is 0.341 e. The summed E-state index contributed by atoms with van der Waals surface area (Å²) in [6, 6.07) is 9.01. The summed E-state index contributed by atoms with van der Waals surface area (Å²) in [5.74, 6) is 3.05. The van der Waals surface area contributed by atoms with Crippen LogP contribution in [0.15, 0.2) is 30.5 Å². The van der Waals surface area contributed by atoms with Gasteiger partial charge in [0.2, 0.25) is 0 Å². The van der Waals surface area contributed by atoms with E-state index < -0.39 is 0 Å². The first-order chi connectivity index (χ1) is 9.73. The molecule has 0 atom stereocenters. The molecule has 4 saturated carbocycles. The Bertz CT molecular complexity index is 643. The van der Waals surface area contributed by atoms with Gasteiger partial charge in [-0.3, -0.25) is 0 Å². The van der Waals surface area contributed by atoms with Crippen LogP contribution in [0.4, 0.5) is 0 Å². The predicted molar refractivity (Wildman–Crippen MR) is 82.8 cm³/mol. The Morgan fingerprint density at radius 2 is 1.55 bits per heavy atom. The molecule has 4 aliphatic rings. The van der Waals surface area contributed by atoms with Crippen molar-refractivity contribution in [1.82, 2.24) is 4.57 Å². The molecule has 4 bridgehead atoms. The molecule has 20 heavy (non-hydrogen) atoms. The van der Waals surface area contributed by atoms with Crippen LogP contribution in [0.2, 0.25) is 0 Å². The second-order valence-electron chi connectivity index (χ2n) is 7.84. The molecule has 6 rings (SSSR count). The van der Waals surface area contributed by atoms with Crippen LogP contribution in [-0.4, -0.2) is 4.57 Å². The Hall–Kier alpha value is -1.24. The summed E-state index contributed by atoms with van der Waals surface area (Å²) in [6.45, 7) is 2.28. The second kappa shape index (κ2) is 3.69. The van der Waals surface area contributed by atoms with Crippen LogP contribution in [0.1, 0.15) is 44.1 Å². The zero-order chi connectivity index (χ0) is 13.3. The van der Waals surface area contributed by atoms with Crippen molar-refractivity contribution in [3.8, 4) is 0 Å². The Kier molecular flexibility index (Phi) is 2.11. The molecular weight excluding hydrogens is 242 g/mol. The van der Waals surface area contributed by atoms with E-state index in [1.807, 2.05) is 0 Å². The quantitative estimate of drug-likeness (QED) is 0.693. The third kappa shape index (κ3) is 1.39. The van der Waals surface area contributed by atoms with Gasteiger partial charge in [-0.25, -0.2) is 0 Å². The van der Waals surface area contributed by atoms with Crippen LogP contribution in [0.5, 0.6) is 0 Å². The van der Waals surface area contributed by atoms with Crippen molar-refractivity contribution in [3.63, 3.8) is 0 Å². The van der Waals surface area contributed by atoms with Gasteiger partial charge < -0.3 is 4.57 Å². The number of aryl methyl sites for hydroxylation is 1. The summed E-state index contributed by atoms with van der Waals surface area (Å²) in [5.41, 5.74) is 3.39. The van der Waals surface area contributed by atoms with Crippen LogP contribution in [0.25, 0.3) is 10.9 Å². The average molecular weight is 265 g/mol. The lowest BCUT2D eigenvalue weighted by molar-refractivity contribution is -0.0408. The number of hydrogen-bond acceptors (Lipinski definition) is 0. The number of rotatable bonds is 1. The number of fused-ring (bicyclic) bond motifs is 1. The van der Waals surface area contributed by atoms with E-state index in [9.17, 15) is 0 Å². The third-order valence-electron chi connectivity index (χ3n) is 6.43. The summed E-state index contributed by atoms with van der Waals surface area (Å²) in [7, 11) is 0. The van der Waals surface area contributed by atoms with Crippen LogP contribution < -0.4 is 0 Å². The molecule has 1 aromatic heterocycles. The summed E-state index contributed by atoms with van der Waals surface area (Å²) >= 11 is 0. The molecule has 4 fully saturated rings. The summed E-state index contributed by atoms with van der Waals surface area (Å²) in [4.78, 5) is 0. The number of aromatic nitrogens is 1. The number of para-hydroxylation sites is 1. The third-order valence-corrected chi connectivity index (χ3v) is 6.43. The number of nitrogens with zero attached hydrogens (tertiary/aromatic N) is 1. The van der Waals surface area contributed by atoms with Crippen LogP contribution in [0.3, 0.4) is 0 Å². The maximum atomic E-state index is 2.70. The Morgan fingerprint density at radius 3 is 2.20 bits per heavy atom. The van der Waals surface area contributed by atoms with Crippen LogP contribution >= 0.6 is 0 Å². The molecule has 0 saturated heterocycles. The van der Waals surface area contributed by atoms with Gasteiger partial charge in [-0.2, -0.15) is 0 Å². The second-order valence-corrected chi connectivity index (χ2v) is 7.84. The zero-order valence-corrected chi connectivity index (χ0v) is 12.3. The van der Waals surface area contributed by atoms with E-state index in [0.717, 1.165) is 17.8 Å². The van der Waals surface area contributed by atoms with E-state index in [1.165, 1.54) is 55.0 Å². The highest BCUT2D eigenvalue weighted by Gasteiger charge is 2.52. The molecule has 1 aromatic carbocycles. The zero-order valence-electron chi connectivity index (χ0n) is 12.3. The van der Waals surface area contributed by atoms with Crippen molar-refractivity contribution >= 4 is 10.9 Å². The lowest BCUT2D eigenvalue weighted by Crippen LogP contribution is -2.51. The molecule has 0 spiro atoms. The molecule has 4 aliphatic carbocycles. The minimum atomic E-state index is 0.461. The van der Waals surface area contributed by atoms with Gasteiger partial charge >= 0.3 is 0 Å². The number of hydrogen-bond donors (Lipinski definition) is 0. The predicted octanol–water partition coefficient (Wildman–Crippen LogP) is 4.88. The number of benzene rings is 1. The van der Waals surface area contributed by atoms with Gasteiger partial charge in [-0.1, -0.05) is 18.2 Å². The highest BCUT2D eigenvalue weighted by Crippen LogP contribution is 2.59. The average Bonchev–Trinajstić information content (AvgIpc) is 2.76. The van der Waals surface area contributed by atoms with E-state index in [4.69, 9.17) is 0 Å². The normalized spacial score (nSPS) is 38.8. The van der Waals surface area contributed by atoms with Gasteiger partial charge in [0.25, 0.3) is 0 Å².